The number of nitrogens with zero attached hydrogens (tertiary/aromatic N) is 1. The Kier molecular flexibility index (Phi) is 5.17. The third kappa shape index (κ3) is 4.20. The van der Waals surface area contributed by atoms with Crippen LogP contribution < -0.4 is 10.6 Å². The lowest BCUT2D eigenvalue weighted by molar-refractivity contribution is -0.115. The summed E-state index contributed by atoms with van der Waals surface area (Å²) in [5.74, 6) is -0.0923. The van der Waals surface area contributed by atoms with Gasteiger partial charge in [-0.2, -0.15) is 0 Å². The van der Waals surface area contributed by atoms with Gasteiger partial charge in [-0.15, -0.1) is 0 Å². The number of halogens is 1. The van der Waals surface area contributed by atoms with E-state index in [9.17, 15) is 4.79 Å². The number of hydrogen-bond acceptors (Lipinski definition) is 3. The molecule has 1 aromatic carbocycles. The molecular formula is C16H18ClN3O. The first kappa shape index (κ1) is 15.3. The number of nitrogens with one attached hydrogen (secondary N) is 2. The van der Waals surface area contributed by atoms with Gasteiger partial charge < -0.3 is 10.6 Å². The molecule has 0 unspecified atom stereocenters. The monoisotopic (exact) mass is 303 g/mol. The van der Waals surface area contributed by atoms with Crippen molar-refractivity contribution >= 4 is 28.9 Å². The quantitative estimate of drug-likeness (QED) is 0.821. The van der Waals surface area contributed by atoms with Crippen molar-refractivity contribution in [2.45, 2.75) is 26.8 Å². The number of benzene rings is 1. The molecule has 0 aliphatic carbocycles. The lowest BCUT2D eigenvalue weighted by atomic mass is 10.2. The van der Waals surface area contributed by atoms with Gasteiger partial charge in [0, 0.05) is 18.7 Å². The summed E-state index contributed by atoms with van der Waals surface area (Å²) in [6, 6.07) is 11.9. The Labute approximate surface area is 129 Å². The molecule has 0 aliphatic heterocycles. The fourth-order valence-corrected chi connectivity index (χ4v) is 2.20. The third-order valence-corrected chi connectivity index (χ3v) is 3.29. The van der Waals surface area contributed by atoms with Gasteiger partial charge in [-0.1, -0.05) is 48.9 Å². The van der Waals surface area contributed by atoms with Gasteiger partial charge in [-0.25, -0.2) is 4.98 Å². The van der Waals surface area contributed by atoms with Crippen LogP contribution in [0.1, 0.15) is 24.6 Å². The predicted molar refractivity (Wildman–Crippen MR) is 86.7 cm³/mol. The molecule has 0 aliphatic rings. The number of rotatable bonds is 5. The smallest absolute Gasteiger partial charge is 0.224 e. The summed E-state index contributed by atoms with van der Waals surface area (Å²) >= 11 is 6.15. The molecule has 2 aromatic rings. The van der Waals surface area contributed by atoms with Crippen LogP contribution >= 0.6 is 11.6 Å². The topological polar surface area (TPSA) is 54.0 Å². The number of amides is 1. The Morgan fingerprint density at radius 3 is 2.67 bits per heavy atom. The maximum absolute atomic E-state index is 11.6. The molecule has 0 atom stereocenters. The summed E-state index contributed by atoms with van der Waals surface area (Å²) in [6.07, 6.45) is 0.391. The highest BCUT2D eigenvalue weighted by atomic mass is 35.5. The van der Waals surface area contributed by atoms with Crippen molar-refractivity contribution in [2.24, 2.45) is 0 Å². The summed E-state index contributed by atoms with van der Waals surface area (Å²) in [6.45, 7) is 4.31. The normalized spacial score (nSPS) is 10.2. The van der Waals surface area contributed by atoms with Crippen molar-refractivity contribution < 1.29 is 4.79 Å². The summed E-state index contributed by atoms with van der Waals surface area (Å²) in [7, 11) is 0. The van der Waals surface area contributed by atoms with E-state index in [2.05, 4.69) is 15.6 Å². The van der Waals surface area contributed by atoms with Crippen molar-refractivity contribution in [1.82, 2.24) is 4.98 Å². The first-order valence-corrected chi connectivity index (χ1v) is 7.22. The van der Waals surface area contributed by atoms with Crippen molar-refractivity contribution in [3.63, 3.8) is 0 Å². The van der Waals surface area contributed by atoms with Crippen molar-refractivity contribution in [3.05, 3.63) is 52.8 Å². The highest BCUT2D eigenvalue weighted by Crippen LogP contribution is 2.30. The van der Waals surface area contributed by atoms with E-state index >= 15 is 0 Å². The summed E-state index contributed by atoms with van der Waals surface area (Å²) in [4.78, 5) is 15.8. The third-order valence-electron chi connectivity index (χ3n) is 3.01. The molecule has 2 N–H and O–H groups in total. The van der Waals surface area contributed by atoms with E-state index < -0.39 is 0 Å². The highest BCUT2D eigenvalue weighted by molar-refractivity contribution is 6.33. The maximum atomic E-state index is 11.6. The first-order valence-electron chi connectivity index (χ1n) is 6.85. The van der Waals surface area contributed by atoms with Crippen LogP contribution in [0.25, 0.3) is 0 Å². The Morgan fingerprint density at radius 2 is 2.00 bits per heavy atom. The molecule has 0 radical (unpaired) electrons. The van der Waals surface area contributed by atoms with E-state index in [0.29, 0.717) is 23.8 Å². The van der Waals surface area contributed by atoms with Gasteiger partial charge >= 0.3 is 0 Å². The molecule has 0 saturated heterocycles. The number of anilines is 2. The number of aromatic nitrogens is 1. The number of hydrogen-bond donors (Lipinski definition) is 2. The average Bonchev–Trinajstić information content (AvgIpc) is 2.49. The van der Waals surface area contributed by atoms with E-state index in [0.717, 1.165) is 16.9 Å². The largest absolute Gasteiger partial charge is 0.379 e. The molecule has 0 fully saturated rings. The maximum Gasteiger partial charge on any atom is 0.224 e. The number of carbonyl (C=O) groups is 1. The fourth-order valence-electron chi connectivity index (χ4n) is 1.91. The molecule has 5 heteroatoms. The molecular weight excluding hydrogens is 286 g/mol. The van der Waals surface area contributed by atoms with Gasteiger partial charge in [0.05, 0.1) is 5.69 Å². The molecule has 110 valence electrons. The fraction of sp³-hybridized carbons (Fsp3) is 0.250. The van der Waals surface area contributed by atoms with Crippen LogP contribution in [0, 0.1) is 6.92 Å². The van der Waals surface area contributed by atoms with Crippen LogP contribution in [0.15, 0.2) is 36.4 Å². The summed E-state index contributed by atoms with van der Waals surface area (Å²) in [5.41, 5.74) is 3.25. The Balaban J connectivity index is 2.22. The van der Waals surface area contributed by atoms with Crippen LogP contribution in [-0.2, 0) is 11.3 Å². The summed E-state index contributed by atoms with van der Waals surface area (Å²) in [5, 5.41) is 6.40. The van der Waals surface area contributed by atoms with Gasteiger partial charge in [0.15, 0.2) is 5.15 Å². The number of carbonyl (C=O) groups excluding carboxylic acids is 1. The van der Waals surface area contributed by atoms with E-state index in [-0.39, 0.29) is 5.91 Å². The Bertz CT molecular complexity index is 629. The second kappa shape index (κ2) is 7.09. The molecule has 1 amide bonds. The molecule has 0 saturated carbocycles. The predicted octanol–water partition coefficient (Wildman–Crippen LogP) is 4.00. The Hall–Kier alpha value is -2.07. The minimum Gasteiger partial charge on any atom is -0.379 e. The van der Waals surface area contributed by atoms with Crippen molar-refractivity contribution in [2.75, 3.05) is 10.6 Å². The molecule has 1 heterocycles. The van der Waals surface area contributed by atoms with Gasteiger partial charge in [-0.05, 0) is 18.6 Å². The lowest BCUT2D eigenvalue weighted by Crippen LogP contribution is -2.13. The lowest BCUT2D eigenvalue weighted by Gasteiger charge is -2.15. The molecule has 0 bridgehead atoms. The number of pyridine rings is 1. The zero-order chi connectivity index (χ0) is 15.2. The molecule has 21 heavy (non-hydrogen) atoms. The Morgan fingerprint density at radius 1 is 1.29 bits per heavy atom. The minimum atomic E-state index is -0.0923. The van der Waals surface area contributed by atoms with Gasteiger partial charge in [0.25, 0.3) is 0 Å². The number of aryl methyl sites for hydroxylation is 1. The molecule has 0 spiro atoms. The van der Waals surface area contributed by atoms with Gasteiger partial charge in [0.1, 0.15) is 5.69 Å². The van der Waals surface area contributed by atoms with Crippen LogP contribution in [0.2, 0.25) is 5.15 Å². The molecule has 1 aromatic heterocycles. The average molecular weight is 304 g/mol. The standard InChI is InChI=1S/C16H18ClN3O/c1-3-14(21)20-15-13(9-11(2)19-16(15)17)18-10-12-7-5-4-6-8-12/h4-9H,3,10H2,1-2H3,(H,18,19)(H,20,21). The van der Waals surface area contributed by atoms with E-state index in [1.165, 1.54) is 0 Å². The zero-order valence-corrected chi connectivity index (χ0v) is 12.9. The summed E-state index contributed by atoms with van der Waals surface area (Å²) < 4.78 is 0. The van der Waals surface area contributed by atoms with Crippen LogP contribution in [0.3, 0.4) is 0 Å². The second-order valence-corrected chi connectivity index (χ2v) is 5.08. The van der Waals surface area contributed by atoms with E-state index in [1.54, 1.807) is 6.92 Å². The highest BCUT2D eigenvalue weighted by Gasteiger charge is 2.12. The van der Waals surface area contributed by atoms with E-state index in [1.807, 2.05) is 43.3 Å². The SMILES string of the molecule is CCC(=O)Nc1c(NCc2ccccc2)cc(C)nc1Cl. The van der Waals surface area contributed by atoms with Crippen LogP contribution in [-0.4, -0.2) is 10.9 Å². The minimum absolute atomic E-state index is 0.0923. The van der Waals surface area contributed by atoms with E-state index in [4.69, 9.17) is 11.6 Å². The van der Waals surface area contributed by atoms with Gasteiger partial charge in [-0.3, -0.25) is 4.79 Å². The second-order valence-electron chi connectivity index (χ2n) is 4.72. The molecule has 4 nitrogen and oxygen atoms in total. The van der Waals surface area contributed by atoms with Crippen LogP contribution in [0.4, 0.5) is 11.4 Å². The zero-order valence-electron chi connectivity index (χ0n) is 12.1. The van der Waals surface area contributed by atoms with Gasteiger partial charge in [0.2, 0.25) is 5.91 Å². The van der Waals surface area contributed by atoms with Crippen LogP contribution in [0.5, 0.6) is 0 Å². The first-order chi connectivity index (χ1) is 10.1. The van der Waals surface area contributed by atoms with Crippen molar-refractivity contribution in [1.29, 1.82) is 0 Å². The molecule has 2 rings (SSSR count). The van der Waals surface area contributed by atoms with Crippen molar-refractivity contribution in [3.8, 4) is 0 Å².